The first-order chi connectivity index (χ1) is 16.0. The largest absolute Gasteiger partial charge is 0.401 e. The second-order valence-electron chi connectivity index (χ2n) is 8.19. The number of methoxy groups -OCH3 is 1. The molecule has 0 saturated carbocycles. The Bertz CT molecular complexity index is 967. The minimum Gasteiger partial charge on any atom is -0.401 e. The quantitative estimate of drug-likeness (QED) is 0.290. The summed E-state index contributed by atoms with van der Waals surface area (Å²) in [5.74, 6) is -0.0899. The predicted molar refractivity (Wildman–Crippen MR) is 135 cm³/mol. The van der Waals surface area contributed by atoms with Crippen LogP contribution in [-0.4, -0.2) is 77.9 Å². The zero-order valence-corrected chi connectivity index (χ0v) is 21.5. The molecule has 1 heterocycles. The van der Waals surface area contributed by atoms with E-state index in [4.69, 9.17) is 15.2 Å². The molecule has 34 heavy (non-hydrogen) atoms. The number of nitrogens with two attached hydrogens (primary N) is 1. The van der Waals surface area contributed by atoms with Crippen molar-refractivity contribution in [1.82, 2.24) is 10.2 Å². The normalized spacial score (nSPS) is 15.2. The minimum atomic E-state index is -3.56. The van der Waals surface area contributed by atoms with Crippen LogP contribution in [0.2, 0.25) is 0 Å². The number of carbonyl (C=O) groups is 1. The number of benzene rings is 1. The fraction of sp³-hybridized carbons (Fsp3) is 0.500. The van der Waals surface area contributed by atoms with E-state index in [1.165, 1.54) is 0 Å². The molecule has 0 radical (unpaired) electrons. The van der Waals surface area contributed by atoms with Crippen LogP contribution >= 0.6 is 0 Å². The van der Waals surface area contributed by atoms with Crippen LogP contribution in [0.5, 0.6) is 0 Å². The summed E-state index contributed by atoms with van der Waals surface area (Å²) in [4.78, 5) is 17.4. The van der Waals surface area contributed by atoms with Gasteiger partial charge in [0.05, 0.1) is 24.3 Å². The number of nitrogens with zero attached hydrogens (tertiary/aromatic N) is 2. The van der Waals surface area contributed by atoms with Gasteiger partial charge in [-0.15, -0.1) is 0 Å². The third-order valence-electron chi connectivity index (χ3n) is 5.25. The van der Waals surface area contributed by atoms with Gasteiger partial charge < -0.3 is 25.4 Å². The zero-order chi connectivity index (χ0) is 25.8. The molecule has 1 aromatic carbocycles. The maximum atomic E-state index is 13.0. The smallest absolute Gasteiger partial charge is 0.226 e. The Kier molecular flexibility index (Phi) is 12.0. The third kappa shape index (κ3) is 8.27. The maximum Gasteiger partial charge on any atom is 0.226 e. The van der Waals surface area contributed by atoms with Gasteiger partial charge in [-0.25, -0.2) is 13.4 Å². The molecule has 0 aromatic heterocycles. The van der Waals surface area contributed by atoms with Gasteiger partial charge in [0, 0.05) is 52.4 Å². The molecule has 0 atom stereocenters. The summed E-state index contributed by atoms with van der Waals surface area (Å²) in [5, 5.41) is 2.69. The Morgan fingerprint density at radius 1 is 1.29 bits per heavy atom. The second-order valence-corrected chi connectivity index (χ2v) is 10.4. The van der Waals surface area contributed by atoms with Crippen molar-refractivity contribution in [2.75, 3.05) is 47.6 Å². The Hall–Kier alpha value is -2.69. The van der Waals surface area contributed by atoms with Gasteiger partial charge in [0.2, 0.25) is 5.91 Å². The lowest BCUT2D eigenvalue weighted by atomic mass is 9.96. The van der Waals surface area contributed by atoms with Crippen LogP contribution in [0.15, 0.2) is 58.7 Å². The van der Waals surface area contributed by atoms with Crippen molar-refractivity contribution < 1.29 is 22.7 Å². The van der Waals surface area contributed by atoms with Gasteiger partial charge >= 0.3 is 0 Å². The van der Waals surface area contributed by atoms with Crippen molar-refractivity contribution in [2.24, 2.45) is 10.7 Å². The van der Waals surface area contributed by atoms with Gasteiger partial charge in [-0.05, 0) is 31.4 Å². The molecule has 2 rings (SSSR count). The first kappa shape index (κ1) is 29.3. The summed E-state index contributed by atoms with van der Waals surface area (Å²) in [6.45, 7) is 11.0. The highest BCUT2D eigenvalue weighted by Crippen LogP contribution is 2.39. The monoisotopic (exact) mass is 494 g/mol. The Morgan fingerprint density at radius 2 is 1.91 bits per heavy atom. The molecule has 1 fully saturated rings. The molecule has 0 spiro atoms. The number of carbonyl (C=O) groups excluding carboxylic acids is 1. The molecule has 0 unspecified atom stereocenters. The van der Waals surface area contributed by atoms with Gasteiger partial charge in [-0.3, -0.25) is 4.79 Å². The van der Waals surface area contributed by atoms with E-state index < -0.39 is 14.6 Å². The summed E-state index contributed by atoms with van der Waals surface area (Å²) in [5.41, 5.74) is 7.33. The number of hydrogen-bond donors (Lipinski definition) is 2. The molecule has 9 nitrogen and oxygen atoms in total. The van der Waals surface area contributed by atoms with Crippen molar-refractivity contribution in [3.63, 3.8) is 0 Å². The highest BCUT2D eigenvalue weighted by molar-refractivity contribution is 7.93. The first-order valence-electron chi connectivity index (χ1n) is 10.9. The highest BCUT2D eigenvalue weighted by Gasteiger charge is 2.47. The number of nitrogens with one attached hydrogen (secondary N) is 1. The van der Waals surface area contributed by atoms with Crippen LogP contribution in [0, 0.1) is 6.92 Å². The van der Waals surface area contributed by atoms with Crippen LogP contribution in [-0.2, 0) is 24.1 Å². The van der Waals surface area contributed by atoms with E-state index in [0.717, 1.165) is 5.56 Å². The van der Waals surface area contributed by atoms with Crippen molar-refractivity contribution in [2.45, 2.75) is 35.8 Å². The van der Waals surface area contributed by atoms with Gasteiger partial charge in [0.15, 0.2) is 9.84 Å². The topological polar surface area (TPSA) is 123 Å². The lowest BCUT2D eigenvalue weighted by Crippen LogP contribution is -2.47. The van der Waals surface area contributed by atoms with Gasteiger partial charge in [0.25, 0.3) is 0 Å². The number of hydrogen-bond acceptors (Lipinski definition) is 7. The van der Waals surface area contributed by atoms with Crippen molar-refractivity contribution in [3.05, 3.63) is 54.4 Å². The molecule has 10 heteroatoms. The van der Waals surface area contributed by atoms with Crippen LogP contribution in [0.4, 0.5) is 0 Å². The molecule has 3 N–H and O–H groups in total. The molecule has 0 bridgehead atoms. The Labute approximate surface area is 203 Å². The molecule has 1 aliphatic rings. The van der Waals surface area contributed by atoms with Crippen molar-refractivity contribution in [1.29, 1.82) is 0 Å². The lowest BCUT2D eigenvalue weighted by Gasteiger charge is -2.36. The number of aryl methyl sites for hydroxylation is 1. The Morgan fingerprint density at radius 3 is 2.44 bits per heavy atom. The van der Waals surface area contributed by atoms with E-state index in [1.807, 2.05) is 20.2 Å². The van der Waals surface area contributed by atoms with Gasteiger partial charge in [-0.2, -0.15) is 0 Å². The molecule has 1 amide bonds. The van der Waals surface area contributed by atoms with Gasteiger partial charge in [0.1, 0.15) is 4.75 Å². The minimum absolute atomic E-state index is 0.0899. The number of ether oxygens (including phenoxy) is 2. The summed E-state index contributed by atoms with van der Waals surface area (Å²) in [7, 11) is 1.74. The summed E-state index contributed by atoms with van der Waals surface area (Å²) < 4.78 is 34.9. The summed E-state index contributed by atoms with van der Waals surface area (Å²) >= 11 is 0. The SMILES string of the molecule is C=C(CC(=O)NCCOC)N=CN(C)C.C=C(N)C1(S(=O)(=O)c2ccccc2C)CCOCC1. The summed E-state index contributed by atoms with van der Waals surface area (Å²) in [6, 6.07) is 6.97. The molecule has 1 aliphatic heterocycles. The number of amides is 1. The fourth-order valence-corrected chi connectivity index (χ4v) is 5.53. The van der Waals surface area contributed by atoms with E-state index in [0.29, 0.717) is 49.8 Å². The van der Waals surface area contributed by atoms with E-state index in [-0.39, 0.29) is 18.0 Å². The zero-order valence-electron chi connectivity index (χ0n) is 20.7. The average Bonchev–Trinajstić information content (AvgIpc) is 2.78. The number of aliphatic imine (C=N–C) groups is 1. The second kappa shape index (κ2) is 13.9. The van der Waals surface area contributed by atoms with Crippen LogP contribution in [0.25, 0.3) is 0 Å². The standard InChI is InChI=1S/C14H19NO3S.C10H19N3O2/c1-11-5-3-4-6-13(11)19(16,17)14(12(2)15)7-9-18-10-8-14;1-9(12-8-13(2)3)7-10(14)11-5-6-15-4/h3-6H,2,7-10,15H2,1H3;8H,1,5-7H2,2-4H3,(H,11,14). The van der Waals surface area contributed by atoms with E-state index in [2.05, 4.69) is 23.5 Å². The number of rotatable bonds is 10. The van der Waals surface area contributed by atoms with Crippen LogP contribution in [0.3, 0.4) is 0 Å². The predicted octanol–water partition coefficient (Wildman–Crippen LogP) is 2.03. The van der Waals surface area contributed by atoms with Crippen molar-refractivity contribution >= 4 is 22.1 Å². The Balaban J connectivity index is 0.000000352. The summed E-state index contributed by atoms with van der Waals surface area (Å²) in [6.07, 6.45) is 2.55. The van der Waals surface area contributed by atoms with E-state index >= 15 is 0 Å². The molecular weight excluding hydrogens is 456 g/mol. The highest BCUT2D eigenvalue weighted by atomic mass is 32.2. The number of sulfone groups is 1. The van der Waals surface area contributed by atoms with Crippen molar-refractivity contribution in [3.8, 4) is 0 Å². The molecular formula is C24H38N4O5S. The average molecular weight is 495 g/mol. The van der Waals surface area contributed by atoms with Crippen LogP contribution < -0.4 is 11.1 Å². The fourth-order valence-electron chi connectivity index (χ4n) is 3.32. The molecule has 1 aromatic rings. The molecule has 0 aliphatic carbocycles. The van der Waals surface area contributed by atoms with E-state index in [1.54, 1.807) is 43.5 Å². The van der Waals surface area contributed by atoms with Crippen LogP contribution in [0.1, 0.15) is 24.8 Å². The lowest BCUT2D eigenvalue weighted by molar-refractivity contribution is -0.120. The molecule has 190 valence electrons. The van der Waals surface area contributed by atoms with Gasteiger partial charge in [-0.1, -0.05) is 31.4 Å². The molecule has 1 saturated heterocycles. The first-order valence-corrected chi connectivity index (χ1v) is 12.4. The maximum absolute atomic E-state index is 13.0. The van der Waals surface area contributed by atoms with E-state index in [9.17, 15) is 13.2 Å². The third-order valence-corrected chi connectivity index (χ3v) is 7.98.